The third-order valence-corrected chi connectivity index (χ3v) is 2.83. The van der Waals surface area contributed by atoms with Gasteiger partial charge in [-0.15, -0.1) is 6.58 Å². The van der Waals surface area contributed by atoms with Gasteiger partial charge in [-0.2, -0.15) is 0 Å². The van der Waals surface area contributed by atoms with Gasteiger partial charge in [-0.1, -0.05) is 23.8 Å². The van der Waals surface area contributed by atoms with Crippen molar-refractivity contribution in [2.24, 2.45) is 0 Å². The minimum atomic E-state index is 0.283. The van der Waals surface area contributed by atoms with Gasteiger partial charge < -0.3 is 10.4 Å². The smallest absolute Gasteiger partial charge is 0.0431 e. The van der Waals surface area contributed by atoms with Crippen LogP contribution in [0.2, 0.25) is 0 Å². The van der Waals surface area contributed by atoms with E-state index in [1.54, 1.807) is 0 Å². The highest BCUT2D eigenvalue weighted by molar-refractivity contribution is 5.45. The monoisotopic (exact) mass is 233 g/mol. The fraction of sp³-hybridized carbons (Fsp3) is 0.467. The zero-order chi connectivity index (χ0) is 12.5. The molecule has 0 aromatic heterocycles. The molecule has 0 aliphatic rings. The quantitative estimate of drug-likeness (QED) is 0.532. The second kappa shape index (κ2) is 7.91. The molecule has 1 aromatic carbocycles. The zero-order valence-electron chi connectivity index (χ0n) is 10.7. The number of hydrogen-bond acceptors (Lipinski definition) is 2. The van der Waals surface area contributed by atoms with Crippen LogP contribution < -0.4 is 5.32 Å². The maximum absolute atomic E-state index is 8.79. The Morgan fingerprint density at radius 2 is 2.00 bits per heavy atom. The predicted molar refractivity (Wildman–Crippen MR) is 74.3 cm³/mol. The first-order valence-electron chi connectivity index (χ1n) is 6.31. The van der Waals surface area contributed by atoms with E-state index in [1.165, 1.54) is 5.56 Å². The van der Waals surface area contributed by atoms with E-state index in [1.807, 2.05) is 6.08 Å². The Labute approximate surface area is 104 Å². The number of anilines is 1. The lowest BCUT2D eigenvalue weighted by atomic mass is 10.1. The SMILES string of the molecule is C=CCC(CCCCO)Nc1ccc(C)cc1. The van der Waals surface area contributed by atoms with E-state index in [-0.39, 0.29) is 6.61 Å². The third-order valence-electron chi connectivity index (χ3n) is 2.83. The van der Waals surface area contributed by atoms with E-state index in [0.29, 0.717) is 6.04 Å². The highest BCUT2D eigenvalue weighted by Gasteiger charge is 2.06. The van der Waals surface area contributed by atoms with Gasteiger partial charge in [-0.3, -0.25) is 0 Å². The highest BCUT2D eigenvalue weighted by Crippen LogP contribution is 2.15. The number of rotatable bonds is 8. The highest BCUT2D eigenvalue weighted by atomic mass is 16.2. The number of aliphatic hydroxyl groups is 1. The van der Waals surface area contributed by atoms with Crippen molar-refractivity contribution in [3.63, 3.8) is 0 Å². The summed E-state index contributed by atoms with van der Waals surface area (Å²) in [6, 6.07) is 8.86. The molecule has 1 atom stereocenters. The number of aliphatic hydroxyl groups excluding tert-OH is 1. The van der Waals surface area contributed by atoms with E-state index in [0.717, 1.165) is 31.4 Å². The lowest BCUT2D eigenvalue weighted by Crippen LogP contribution is -2.18. The molecule has 1 aromatic rings. The van der Waals surface area contributed by atoms with E-state index in [2.05, 4.69) is 43.1 Å². The molecule has 2 heteroatoms. The number of hydrogen-bond donors (Lipinski definition) is 2. The molecule has 0 amide bonds. The van der Waals surface area contributed by atoms with Crippen molar-refractivity contribution in [1.29, 1.82) is 0 Å². The van der Waals surface area contributed by atoms with Gasteiger partial charge in [0.2, 0.25) is 0 Å². The van der Waals surface area contributed by atoms with Gasteiger partial charge in [0.05, 0.1) is 0 Å². The summed E-state index contributed by atoms with van der Waals surface area (Å²) in [5.41, 5.74) is 2.43. The summed E-state index contributed by atoms with van der Waals surface area (Å²) in [4.78, 5) is 0. The summed E-state index contributed by atoms with van der Waals surface area (Å²) in [5.74, 6) is 0. The summed E-state index contributed by atoms with van der Waals surface area (Å²) in [7, 11) is 0. The predicted octanol–water partition coefficient (Wildman–Crippen LogP) is 3.51. The molecule has 0 saturated carbocycles. The summed E-state index contributed by atoms with van der Waals surface area (Å²) < 4.78 is 0. The molecule has 0 bridgehead atoms. The second-order valence-electron chi connectivity index (χ2n) is 4.45. The topological polar surface area (TPSA) is 32.3 Å². The maximum atomic E-state index is 8.79. The van der Waals surface area contributed by atoms with Gasteiger partial charge in [-0.05, 0) is 44.7 Å². The van der Waals surface area contributed by atoms with Gasteiger partial charge in [0, 0.05) is 18.3 Å². The largest absolute Gasteiger partial charge is 0.396 e. The Hall–Kier alpha value is -1.28. The normalized spacial score (nSPS) is 12.1. The van der Waals surface area contributed by atoms with Gasteiger partial charge >= 0.3 is 0 Å². The van der Waals surface area contributed by atoms with Crippen LogP contribution in [0.5, 0.6) is 0 Å². The van der Waals surface area contributed by atoms with Gasteiger partial charge in [0.1, 0.15) is 0 Å². The molecule has 1 rings (SSSR count). The molecule has 2 nitrogen and oxygen atoms in total. The van der Waals surface area contributed by atoms with Crippen LogP contribution in [0.15, 0.2) is 36.9 Å². The second-order valence-corrected chi connectivity index (χ2v) is 4.45. The first-order valence-corrected chi connectivity index (χ1v) is 6.31. The van der Waals surface area contributed by atoms with Crippen LogP contribution in [0.4, 0.5) is 5.69 Å². The van der Waals surface area contributed by atoms with Gasteiger partial charge in [-0.25, -0.2) is 0 Å². The fourth-order valence-electron chi connectivity index (χ4n) is 1.84. The molecule has 0 saturated heterocycles. The average molecular weight is 233 g/mol. The molecule has 0 aliphatic carbocycles. The maximum Gasteiger partial charge on any atom is 0.0431 e. The van der Waals surface area contributed by atoms with Crippen molar-refractivity contribution < 1.29 is 5.11 Å². The Balaban J connectivity index is 2.47. The van der Waals surface area contributed by atoms with Crippen LogP contribution in [0.25, 0.3) is 0 Å². The lowest BCUT2D eigenvalue weighted by Gasteiger charge is -2.18. The minimum absolute atomic E-state index is 0.283. The summed E-state index contributed by atoms with van der Waals surface area (Å²) in [6.07, 6.45) is 5.90. The molecular weight excluding hydrogens is 210 g/mol. The van der Waals surface area contributed by atoms with E-state index in [9.17, 15) is 0 Å². The van der Waals surface area contributed by atoms with Crippen LogP contribution in [0.3, 0.4) is 0 Å². The molecule has 2 N–H and O–H groups in total. The van der Waals surface area contributed by atoms with E-state index < -0.39 is 0 Å². The molecule has 0 spiro atoms. The molecule has 0 radical (unpaired) electrons. The standard InChI is InChI=1S/C15H23NO/c1-3-6-14(7-4-5-12-17)16-15-10-8-13(2)9-11-15/h3,8-11,14,16-17H,1,4-7,12H2,2H3. The van der Waals surface area contributed by atoms with Crippen molar-refractivity contribution in [1.82, 2.24) is 0 Å². The Bertz CT molecular complexity index is 318. The first kappa shape index (κ1) is 13.8. The molecule has 0 aliphatic heterocycles. The summed E-state index contributed by atoms with van der Waals surface area (Å²) >= 11 is 0. The fourth-order valence-corrected chi connectivity index (χ4v) is 1.84. The van der Waals surface area contributed by atoms with Crippen molar-refractivity contribution in [2.75, 3.05) is 11.9 Å². The van der Waals surface area contributed by atoms with Crippen LogP contribution in [0, 0.1) is 6.92 Å². The average Bonchev–Trinajstić information content (AvgIpc) is 2.32. The molecule has 17 heavy (non-hydrogen) atoms. The van der Waals surface area contributed by atoms with Gasteiger partial charge in [0.25, 0.3) is 0 Å². The lowest BCUT2D eigenvalue weighted by molar-refractivity contribution is 0.282. The number of aryl methyl sites for hydroxylation is 1. The van der Waals surface area contributed by atoms with Crippen molar-refractivity contribution >= 4 is 5.69 Å². The number of benzene rings is 1. The van der Waals surface area contributed by atoms with Crippen LogP contribution >= 0.6 is 0 Å². The Kier molecular flexibility index (Phi) is 6.41. The van der Waals surface area contributed by atoms with Crippen molar-refractivity contribution in [3.05, 3.63) is 42.5 Å². The molecule has 0 fully saturated rings. The van der Waals surface area contributed by atoms with Crippen molar-refractivity contribution in [2.45, 2.75) is 38.6 Å². The Morgan fingerprint density at radius 1 is 1.29 bits per heavy atom. The van der Waals surface area contributed by atoms with Crippen LogP contribution in [-0.2, 0) is 0 Å². The first-order chi connectivity index (χ1) is 8.26. The van der Waals surface area contributed by atoms with Gasteiger partial charge in [0.15, 0.2) is 0 Å². The number of nitrogens with one attached hydrogen (secondary N) is 1. The summed E-state index contributed by atoms with van der Waals surface area (Å²) in [6.45, 7) is 6.17. The van der Waals surface area contributed by atoms with E-state index >= 15 is 0 Å². The van der Waals surface area contributed by atoms with Crippen LogP contribution in [-0.4, -0.2) is 17.8 Å². The van der Waals surface area contributed by atoms with Crippen LogP contribution in [0.1, 0.15) is 31.2 Å². The van der Waals surface area contributed by atoms with E-state index in [4.69, 9.17) is 5.11 Å². The number of unbranched alkanes of at least 4 members (excludes halogenated alkanes) is 1. The Morgan fingerprint density at radius 3 is 2.59 bits per heavy atom. The molecule has 1 unspecified atom stereocenters. The molecular formula is C15H23NO. The minimum Gasteiger partial charge on any atom is -0.396 e. The summed E-state index contributed by atoms with van der Waals surface area (Å²) in [5, 5.41) is 12.3. The zero-order valence-corrected chi connectivity index (χ0v) is 10.7. The van der Waals surface area contributed by atoms with Crippen molar-refractivity contribution in [3.8, 4) is 0 Å². The molecule has 94 valence electrons. The third kappa shape index (κ3) is 5.55. The molecule has 0 heterocycles.